The molecule has 2 nitrogen and oxygen atoms in total. The van der Waals surface area contributed by atoms with Gasteiger partial charge in [-0.25, -0.2) is 4.39 Å². The summed E-state index contributed by atoms with van der Waals surface area (Å²) in [4.78, 5) is 12.5. The molecule has 0 aliphatic heterocycles. The molecule has 1 amide bonds. The lowest BCUT2D eigenvalue weighted by Gasteiger charge is -2.12. The molecule has 2 aromatic carbocycles. The van der Waals surface area contributed by atoms with Crippen LogP contribution < -0.4 is 5.32 Å². The van der Waals surface area contributed by atoms with E-state index in [1.165, 1.54) is 17.8 Å². The highest BCUT2D eigenvalue weighted by molar-refractivity contribution is 8.00. The van der Waals surface area contributed by atoms with Gasteiger partial charge in [0, 0.05) is 15.6 Å². The molecule has 1 N–H and O–H groups in total. The number of anilines is 1. The molecule has 20 heavy (non-hydrogen) atoms. The maximum atomic E-state index is 13.5. The van der Waals surface area contributed by atoms with Gasteiger partial charge in [-0.2, -0.15) is 0 Å². The minimum absolute atomic E-state index is 0.194. The number of benzene rings is 2. The molecular formula is C15H13ClFNOS. The summed E-state index contributed by atoms with van der Waals surface area (Å²) in [6.45, 7) is 1.73. The van der Waals surface area contributed by atoms with Crippen LogP contribution in [0.4, 0.5) is 10.1 Å². The Hall–Kier alpha value is -1.52. The predicted molar refractivity (Wildman–Crippen MR) is 81.8 cm³/mol. The van der Waals surface area contributed by atoms with E-state index in [2.05, 4.69) is 5.32 Å². The third-order valence-corrected chi connectivity index (χ3v) is 3.99. The van der Waals surface area contributed by atoms with Crippen molar-refractivity contribution in [1.29, 1.82) is 0 Å². The van der Waals surface area contributed by atoms with Gasteiger partial charge in [0.15, 0.2) is 0 Å². The molecular weight excluding hydrogens is 297 g/mol. The van der Waals surface area contributed by atoms with Crippen molar-refractivity contribution in [2.75, 3.05) is 5.32 Å². The fraction of sp³-hybridized carbons (Fsp3) is 0.133. The lowest BCUT2D eigenvalue weighted by Crippen LogP contribution is -2.22. The molecule has 0 bridgehead atoms. The molecule has 0 aliphatic rings. The molecule has 0 saturated heterocycles. The molecule has 0 fully saturated rings. The number of nitrogens with one attached hydrogen (secondary N) is 1. The van der Waals surface area contributed by atoms with Crippen LogP contribution in [0, 0.1) is 5.82 Å². The van der Waals surface area contributed by atoms with Gasteiger partial charge in [-0.15, -0.1) is 11.8 Å². The third-order valence-electron chi connectivity index (χ3n) is 2.60. The highest BCUT2D eigenvalue weighted by Crippen LogP contribution is 2.26. The molecule has 0 saturated carbocycles. The van der Waals surface area contributed by atoms with Crippen molar-refractivity contribution < 1.29 is 9.18 Å². The fourth-order valence-electron chi connectivity index (χ4n) is 1.59. The molecule has 5 heteroatoms. The van der Waals surface area contributed by atoms with Crippen LogP contribution in [0.2, 0.25) is 5.02 Å². The molecule has 104 valence electrons. The SMILES string of the molecule is CC(Sc1ccccc1F)C(=O)Nc1cccc(Cl)c1. The lowest BCUT2D eigenvalue weighted by atomic mass is 10.3. The summed E-state index contributed by atoms with van der Waals surface area (Å²) in [5.74, 6) is -0.513. The molecule has 0 aromatic heterocycles. The Morgan fingerprint density at radius 2 is 2.00 bits per heavy atom. The lowest BCUT2D eigenvalue weighted by molar-refractivity contribution is -0.115. The molecule has 2 rings (SSSR count). The van der Waals surface area contributed by atoms with Gasteiger partial charge >= 0.3 is 0 Å². The van der Waals surface area contributed by atoms with Crippen molar-refractivity contribution >= 4 is 35.0 Å². The topological polar surface area (TPSA) is 29.1 Å². The first-order valence-corrected chi connectivity index (χ1v) is 7.29. The second kappa shape index (κ2) is 6.77. The van der Waals surface area contributed by atoms with Crippen molar-refractivity contribution in [1.82, 2.24) is 0 Å². The number of thioether (sulfide) groups is 1. The summed E-state index contributed by atoms with van der Waals surface area (Å²) in [5, 5.41) is 2.90. The number of rotatable bonds is 4. The molecule has 1 atom stereocenters. The van der Waals surface area contributed by atoms with Gasteiger partial charge in [-0.3, -0.25) is 4.79 Å². The largest absolute Gasteiger partial charge is 0.325 e. The van der Waals surface area contributed by atoms with Crippen molar-refractivity contribution in [3.05, 3.63) is 59.4 Å². The Morgan fingerprint density at radius 3 is 2.70 bits per heavy atom. The van der Waals surface area contributed by atoms with Crippen LogP contribution in [-0.2, 0) is 4.79 Å². The van der Waals surface area contributed by atoms with Crippen LogP contribution in [0.25, 0.3) is 0 Å². The zero-order valence-electron chi connectivity index (χ0n) is 10.8. The van der Waals surface area contributed by atoms with E-state index < -0.39 is 5.25 Å². The number of halogens is 2. The first-order valence-electron chi connectivity index (χ1n) is 6.04. The Kier molecular flexibility index (Phi) is 5.04. The quantitative estimate of drug-likeness (QED) is 0.836. The zero-order valence-corrected chi connectivity index (χ0v) is 12.3. The summed E-state index contributed by atoms with van der Waals surface area (Å²) < 4.78 is 13.5. The summed E-state index contributed by atoms with van der Waals surface area (Å²) >= 11 is 7.03. The van der Waals surface area contributed by atoms with Crippen molar-refractivity contribution in [3.63, 3.8) is 0 Å². The van der Waals surface area contributed by atoms with Crippen LogP contribution in [0.3, 0.4) is 0 Å². The first-order chi connectivity index (χ1) is 9.56. The molecule has 0 aliphatic carbocycles. The Labute approximate surface area is 126 Å². The summed E-state index contributed by atoms with van der Waals surface area (Å²) in [6.07, 6.45) is 0. The number of carbonyl (C=O) groups excluding carboxylic acids is 1. The van der Waals surface area contributed by atoms with Crippen LogP contribution in [0.5, 0.6) is 0 Å². The van der Waals surface area contributed by atoms with Gasteiger partial charge in [-0.05, 0) is 37.3 Å². The average molecular weight is 310 g/mol. The van der Waals surface area contributed by atoms with E-state index in [0.717, 1.165) is 0 Å². The van der Waals surface area contributed by atoms with Crippen LogP contribution >= 0.6 is 23.4 Å². The maximum absolute atomic E-state index is 13.5. The highest BCUT2D eigenvalue weighted by Gasteiger charge is 2.16. The van der Waals surface area contributed by atoms with E-state index in [-0.39, 0.29) is 11.7 Å². The normalized spacial score (nSPS) is 11.9. The van der Waals surface area contributed by atoms with Crippen molar-refractivity contribution in [2.24, 2.45) is 0 Å². The van der Waals surface area contributed by atoms with Crippen LogP contribution in [0.15, 0.2) is 53.4 Å². The number of hydrogen-bond donors (Lipinski definition) is 1. The van der Waals surface area contributed by atoms with Crippen LogP contribution in [-0.4, -0.2) is 11.2 Å². The Bertz CT molecular complexity index is 620. The smallest absolute Gasteiger partial charge is 0.237 e. The third kappa shape index (κ3) is 3.99. The van der Waals surface area contributed by atoms with Gasteiger partial charge < -0.3 is 5.32 Å². The van der Waals surface area contributed by atoms with E-state index in [1.54, 1.807) is 49.4 Å². The Balaban J connectivity index is 2.01. The molecule has 1 unspecified atom stereocenters. The second-order valence-electron chi connectivity index (χ2n) is 4.19. The number of hydrogen-bond acceptors (Lipinski definition) is 2. The van der Waals surface area contributed by atoms with Gasteiger partial charge in [0.05, 0.1) is 5.25 Å². The monoisotopic (exact) mass is 309 g/mol. The molecule has 0 radical (unpaired) electrons. The van der Waals surface area contributed by atoms with Crippen molar-refractivity contribution in [3.8, 4) is 0 Å². The van der Waals surface area contributed by atoms with E-state index in [4.69, 9.17) is 11.6 Å². The van der Waals surface area contributed by atoms with Crippen LogP contribution in [0.1, 0.15) is 6.92 Å². The Morgan fingerprint density at radius 1 is 1.25 bits per heavy atom. The number of amides is 1. The van der Waals surface area contributed by atoms with E-state index in [1.807, 2.05) is 0 Å². The van der Waals surface area contributed by atoms with Gasteiger partial charge in [-0.1, -0.05) is 29.8 Å². The molecule has 0 spiro atoms. The second-order valence-corrected chi connectivity index (χ2v) is 6.01. The maximum Gasteiger partial charge on any atom is 0.237 e. The molecule has 0 heterocycles. The predicted octanol–water partition coefficient (Wildman–Crippen LogP) is 4.60. The van der Waals surface area contributed by atoms with Gasteiger partial charge in [0.2, 0.25) is 5.91 Å². The zero-order chi connectivity index (χ0) is 14.5. The molecule has 2 aromatic rings. The van der Waals surface area contributed by atoms with Crippen molar-refractivity contribution in [2.45, 2.75) is 17.1 Å². The van der Waals surface area contributed by atoms with Gasteiger partial charge in [0.1, 0.15) is 5.82 Å². The van der Waals surface area contributed by atoms with E-state index in [0.29, 0.717) is 15.6 Å². The fourth-order valence-corrected chi connectivity index (χ4v) is 2.67. The van der Waals surface area contributed by atoms with E-state index >= 15 is 0 Å². The van der Waals surface area contributed by atoms with Gasteiger partial charge in [0.25, 0.3) is 0 Å². The minimum Gasteiger partial charge on any atom is -0.325 e. The standard InChI is InChI=1S/C15H13ClFNOS/c1-10(20-14-8-3-2-7-13(14)17)15(19)18-12-6-4-5-11(16)9-12/h2-10H,1H3,(H,18,19). The summed E-state index contributed by atoms with van der Waals surface area (Å²) in [7, 11) is 0. The van der Waals surface area contributed by atoms with E-state index in [9.17, 15) is 9.18 Å². The number of carbonyl (C=O) groups is 1. The highest BCUT2D eigenvalue weighted by atomic mass is 35.5. The minimum atomic E-state index is -0.411. The average Bonchev–Trinajstić information content (AvgIpc) is 2.41. The first kappa shape index (κ1) is 14.9. The summed E-state index contributed by atoms with van der Waals surface area (Å²) in [5.41, 5.74) is 0.628. The summed E-state index contributed by atoms with van der Waals surface area (Å²) in [6, 6.07) is 13.3.